The van der Waals surface area contributed by atoms with Gasteiger partial charge in [0.25, 0.3) is 5.91 Å². The second kappa shape index (κ2) is 7.75. The molecule has 1 aliphatic rings. The Kier molecular flexibility index (Phi) is 5.45. The van der Waals surface area contributed by atoms with Gasteiger partial charge in [-0.15, -0.1) is 0 Å². The van der Waals surface area contributed by atoms with Gasteiger partial charge in [-0.05, 0) is 49.6 Å². The number of hydrogen-bond donors (Lipinski definition) is 1. The van der Waals surface area contributed by atoms with Crippen molar-refractivity contribution in [2.24, 2.45) is 0 Å². The molecule has 1 aromatic heterocycles. The molecule has 1 amide bonds. The molecule has 1 aromatic carbocycles. The second-order valence-electron chi connectivity index (χ2n) is 6.06. The number of halogens is 1. The highest BCUT2D eigenvalue weighted by molar-refractivity contribution is 9.10. The highest BCUT2D eigenvalue weighted by Gasteiger charge is 2.15. The third-order valence-corrected chi connectivity index (χ3v) is 5.07. The van der Waals surface area contributed by atoms with Crippen LogP contribution in [-0.2, 0) is 0 Å². The Labute approximate surface area is 150 Å². The minimum atomic E-state index is -0.213. The lowest BCUT2D eigenvalue weighted by molar-refractivity contribution is 0.102. The molecule has 2 aromatic rings. The summed E-state index contributed by atoms with van der Waals surface area (Å²) in [5.74, 6) is 0.437. The van der Waals surface area contributed by atoms with Crippen LogP contribution in [0.2, 0.25) is 0 Å². The second-order valence-corrected chi connectivity index (χ2v) is 6.92. The van der Waals surface area contributed by atoms with Crippen LogP contribution in [0.5, 0.6) is 0 Å². The summed E-state index contributed by atoms with van der Waals surface area (Å²) in [5.41, 5.74) is 2.22. The van der Waals surface area contributed by atoms with E-state index in [1.165, 1.54) is 12.8 Å². The topological polar surface area (TPSA) is 58.1 Å². The van der Waals surface area contributed by atoms with E-state index in [1.807, 2.05) is 25.1 Å². The normalized spacial score (nSPS) is 15.0. The molecular formula is C18H21BrN4O. The average Bonchev–Trinajstić information content (AvgIpc) is 2.88. The maximum atomic E-state index is 12.5. The predicted octanol–water partition coefficient (Wildman–Crippen LogP) is 4.18. The van der Waals surface area contributed by atoms with Gasteiger partial charge in [0, 0.05) is 29.4 Å². The van der Waals surface area contributed by atoms with Crippen LogP contribution in [0.3, 0.4) is 0 Å². The Hall–Kier alpha value is -1.95. The van der Waals surface area contributed by atoms with E-state index in [2.05, 4.69) is 36.1 Å². The third-order valence-electron chi connectivity index (χ3n) is 4.18. The summed E-state index contributed by atoms with van der Waals surface area (Å²) >= 11 is 3.46. The zero-order valence-electron chi connectivity index (χ0n) is 13.8. The van der Waals surface area contributed by atoms with E-state index in [1.54, 1.807) is 12.3 Å². The number of carbonyl (C=O) groups excluding carboxylic acids is 1. The molecule has 3 rings (SSSR count). The van der Waals surface area contributed by atoms with E-state index in [0.717, 1.165) is 41.7 Å². The van der Waals surface area contributed by atoms with Gasteiger partial charge in [-0.1, -0.05) is 28.8 Å². The van der Waals surface area contributed by atoms with Crippen LogP contribution in [0.15, 0.2) is 34.9 Å². The molecule has 2 heterocycles. The van der Waals surface area contributed by atoms with Crippen LogP contribution in [0.1, 0.15) is 41.7 Å². The summed E-state index contributed by atoms with van der Waals surface area (Å²) in [5, 5.41) is 2.90. The molecule has 1 N–H and O–H groups in total. The molecule has 1 fully saturated rings. The maximum absolute atomic E-state index is 12.5. The van der Waals surface area contributed by atoms with Crippen LogP contribution in [-0.4, -0.2) is 29.0 Å². The summed E-state index contributed by atoms with van der Waals surface area (Å²) in [7, 11) is 0. The molecule has 6 heteroatoms. The Bertz CT molecular complexity index is 727. The van der Waals surface area contributed by atoms with Crippen LogP contribution in [0.4, 0.5) is 11.6 Å². The summed E-state index contributed by atoms with van der Waals surface area (Å²) in [4.78, 5) is 23.5. The van der Waals surface area contributed by atoms with Crippen molar-refractivity contribution in [3.63, 3.8) is 0 Å². The molecule has 0 atom stereocenters. The Morgan fingerprint density at radius 1 is 1.17 bits per heavy atom. The number of nitrogens with one attached hydrogen (secondary N) is 1. The molecule has 126 valence electrons. The van der Waals surface area contributed by atoms with Gasteiger partial charge >= 0.3 is 0 Å². The van der Waals surface area contributed by atoms with Crippen molar-refractivity contribution in [3.05, 3.63) is 46.2 Å². The molecule has 0 aliphatic carbocycles. The van der Waals surface area contributed by atoms with Crippen LogP contribution in [0.25, 0.3) is 0 Å². The van der Waals surface area contributed by atoms with Crippen molar-refractivity contribution < 1.29 is 4.79 Å². The quantitative estimate of drug-likeness (QED) is 0.856. The fourth-order valence-electron chi connectivity index (χ4n) is 2.82. The smallest absolute Gasteiger partial charge is 0.274 e. The van der Waals surface area contributed by atoms with Gasteiger partial charge < -0.3 is 10.2 Å². The van der Waals surface area contributed by atoms with Crippen LogP contribution in [0, 0.1) is 6.92 Å². The highest BCUT2D eigenvalue weighted by atomic mass is 79.9. The average molecular weight is 389 g/mol. The first kappa shape index (κ1) is 16.9. The number of aryl methyl sites for hydroxylation is 1. The molecule has 0 saturated carbocycles. The summed E-state index contributed by atoms with van der Waals surface area (Å²) in [6.45, 7) is 3.90. The largest absolute Gasteiger partial charge is 0.341 e. The molecule has 0 bridgehead atoms. The number of anilines is 2. The van der Waals surface area contributed by atoms with Crippen molar-refractivity contribution in [2.45, 2.75) is 32.6 Å². The predicted molar refractivity (Wildman–Crippen MR) is 99.5 cm³/mol. The molecule has 24 heavy (non-hydrogen) atoms. The zero-order chi connectivity index (χ0) is 16.9. The summed E-state index contributed by atoms with van der Waals surface area (Å²) < 4.78 is 1.02. The number of benzene rings is 1. The number of hydrogen-bond acceptors (Lipinski definition) is 4. The standard InChI is InChI=1S/C18H21BrN4O/c1-13-12-14(6-7-15(13)19)21-17(24)16-8-9-20-18(22-16)23-10-4-2-3-5-11-23/h6-9,12H,2-5,10-11H2,1H3,(H,21,24). The van der Waals surface area contributed by atoms with E-state index in [4.69, 9.17) is 0 Å². The molecule has 1 aliphatic heterocycles. The van der Waals surface area contributed by atoms with Crippen molar-refractivity contribution in [1.29, 1.82) is 0 Å². The van der Waals surface area contributed by atoms with Crippen LogP contribution >= 0.6 is 15.9 Å². The number of amides is 1. The van der Waals surface area contributed by atoms with Gasteiger partial charge in [0.05, 0.1) is 0 Å². The Morgan fingerprint density at radius 2 is 1.92 bits per heavy atom. The third kappa shape index (κ3) is 4.12. The molecule has 1 saturated heterocycles. The lowest BCUT2D eigenvalue weighted by Crippen LogP contribution is -2.27. The van der Waals surface area contributed by atoms with Gasteiger partial charge in [0.1, 0.15) is 5.69 Å². The lowest BCUT2D eigenvalue weighted by atomic mass is 10.2. The number of aromatic nitrogens is 2. The number of carbonyl (C=O) groups is 1. The van der Waals surface area contributed by atoms with Gasteiger partial charge in [0.15, 0.2) is 0 Å². The van der Waals surface area contributed by atoms with Gasteiger partial charge in [-0.3, -0.25) is 4.79 Å². The van der Waals surface area contributed by atoms with Crippen LogP contribution < -0.4 is 10.2 Å². The van der Waals surface area contributed by atoms with E-state index in [0.29, 0.717) is 11.6 Å². The van der Waals surface area contributed by atoms with Crippen molar-refractivity contribution >= 4 is 33.5 Å². The number of nitrogens with zero attached hydrogens (tertiary/aromatic N) is 3. The minimum absolute atomic E-state index is 0.213. The van der Waals surface area contributed by atoms with E-state index in [-0.39, 0.29) is 5.91 Å². The molecule has 0 spiro atoms. The van der Waals surface area contributed by atoms with Crippen molar-refractivity contribution in [2.75, 3.05) is 23.3 Å². The molecule has 5 nitrogen and oxygen atoms in total. The molecular weight excluding hydrogens is 368 g/mol. The molecule has 0 radical (unpaired) electrons. The number of rotatable bonds is 3. The van der Waals surface area contributed by atoms with Crippen molar-refractivity contribution in [3.8, 4) is 0 Å². The minimum Gasteiger partial charge on any atom is -0.341 e. The lowest BCUT2D eigenvalue weighted by Gasteiger charge is -2.20. The zero-order valence-corrected chi connectivity index (χ0v) is 15.3. The van der Waals surface area contributed by atoms with Crippen molar-refractivity contribution in [1.82, 2.24) is 9.97 Å². The SMILES string of the molecule is Cc1cc(NC(=O)c2ccnc(N3CCCCCC3)n2)ccc1Br. The van der Waals surface area contributed by atoms with E-state index >= 15 is 0 Å². The van der Waals surface area contributed by atoms with Gasteiger partial charge in [0.2, 0.25) is 5.95 Å². The fourth-order valence-corrected chi connectivity index (χ4v) is 3.06. The fraction of sp³-hybridized carbons (Fsp3) is 0.389. The first-order chi connectivity index (χ1) is 11.6. The van der Waals surface area contributed by atoms with E-state index in [9.17, 15) is 4.79 Å². The van der Waals surface area contributed by atoms with Gasteiger partial charge in [-0.2, -0.15) is 0 Å². The molecule has 0 unspecified atom stereocenters. The van der Waals surface area contributed by atoms with E-state index < -0.39 is 0 Å². The summed E-state index contributed by atoms with van der Waals surface area (Å²) in [6.07, 6.45) is 6.46. The first-order valence-corrected chi connectivity index (χ1v) is 9.08. The first-order valence-electron chi connectivity index (χ1n) is 8.29. The Morgan fingerprint density at radius 3 is 2.62 bits per heavy atom. The van der Waals surface area contributed by atoms with Gasteiger partial charge in [-0.25, -0.2) is 9.97 Å². The monoisotopic (exact) mass is 388 g/mol. The summed E-state index contributed by atoms with van der Waals surface area (Å²) in [6, 6.07) is 7.38. The Balaban J connectivity index is 1.74. The highest BCUT2D eigenvalue weighted by Crippen LogP contribution is 2.21. The maximum Gasteiger partial charge on any atom is 0.274 e.